The summed E-state index contributed by atoms with van der Waals surface area (Å²) in [5.74, 6) is -0.0345. The monoisotopic (exact) mass is 324 g/mol. The van der Waals surface area contributed by atoms with Gasteiger partial charge in [-0.2, -0.15) is 4.99 Å². The predicted octanol–water partition coefficient (Wildman–Crippen LogP) is 2.46. The number of hydrogen-bond acceptors (Lipinski definition) is 3. The first-order chi connectivity index (χ1) is 11.5. The van der Waals surface area contributed by atoms with Crippen molar-refractivity contribution in [3.63, 3.8) is 0 Å². The molecule has 0 aromatic heterocycles. The molecule has 2 aliphatic heterocycles. The number of carbonyl (C=O) groups is 2. The zero-order valence-corrected chi connectivity index (χ0v) is 14.0. The number of fused-ring (bicyclic) bond motifs is 5. The van der Waals surface area contributed by atoms with Gasteiger partial charge in [0.25, 0.3) is 11.8 Å². The van der Waals surface area contributed by atoms with E-state index in [1.807, 2.05) is 32.9 Å². The molecule has 1 saturated heterocycles. The highest BCUT2D eigenvalue weighted by molar-refractivity contribution is 6.23. The van der Waals surface area contributed by atoms with Crippen molar-refractivity contribution in [2.75, 3.05) is 0 Å². The molecule has 1 unspecified atom stereocenters. The molecule has 3 aliphatic rings. The molecule has 5 nitrogen and oxygen atoms in total. The second-order valence-corrected chi connectivity index (χ2v) is 6.82. The molecule has 24 heavy (non-hydrogen) atoms. The van der Waals surface area contributed by atoms with Crippen molar-refractivity contribution >= 4 is 17.6 Å². The number of aromatic hydroxyl groups is 1. The van der Waals surface area contributed by atoms with E-state index in [0.29, 0.717) is 24.3 Å². The first-order valence-electron chi connectivity index (χ1n) is 8.43. The lowest BCUT2D eigenvalue weighted by Gasteiger charge is -2.34. The van der Waals surface area contributed by atoms with Crippen LogP contribution in [0.2, 0.25) is 0 Å². The number of benzene rings is 1. The first-order valence-corrected chi connectivity index (χ1v) is 8.43. The summed E-state index contributed by atoms with van der Waals surface area (Å²) in [6.45, 7) is 5.73. The SMILES string of the molecule is CC[C@H]1C(=O)N=C2C3C(=CCc4ccc(O)c(C)c43)C(=O)N2[C@H]1C. The van der Waals surface area contributed by atoms with Crippen LogP contribution in [0.1, 0.15) is 42.9 Å². The smallest absolute Gasteiger partial charge is 0.256 e. The van der Waals surface area contributed by atoms with Gasteiger partial charge in [-0.15, -0.1) is 0 Å². The lowest BCUT2D eigenvalue weighted by Crippen LogP contribution is -2.49. The van der Waals surface area contributed by atoms with E-state index in [4.69, 9.17) is 0 Å². The fraction of sp³-hybridized carbons (Fsp3) is 0.421. The third-order valence-electron chi connectivity index (χ3n) is 5.66. The number of nitrogens with zero attached hydrogens (tertiary/aromatic N) is 2. The molecular weight excluding hydrogens is 304 g/mol. The summed E-state index contributed by atoms with van der Waals surface area (Å²) in [6.07, 6.45) is 3.28. The van der Waals surface area contributed by atoms with Crippen LogP contribution in [0.15, 0.2) is 28.8 Å². The van der Waals surface area contributed by atoms with Crippen molar-refractivity contribution in [1.82, 2.24) is 4.90 Å². The second-order valence-electron chi connectivity index (χ2n) is 6.82. The van der Waals surface area contributed by atoms with Gasteiger partial charge in [-0.05, 0) is 49.4 Å². The summed E-state index contributed by atoms with van der Waals surface area (Å²) in [5, 5.41) is 10.1. The molecule has 1 aliphatic carbocycles. The van der Waals surface area contributed by atoms with Gasteiger partial charge in [-0.25, -0.2) is 0 Å². The summed E-state index contributed by atoms with van der Waals surface area (Å²) < 4.78 is 0. The van der Waals surface area contributed by atoms with Crippen LogP contribution in [-0.4, -0.2) is 33.7 Å². The Morgan fingerprint density at radius 1 is 1.33 bits per heavy atom. The molecule has 124 valence electrons. The number of amides is 2. The maximum atomic E-state index is 13.0. The lowest BCUT2D eigenvalue weighted by atomic mass is 9.80. The molecule has 1 aromatic carbocycles. The maximum absolute atomic E-state index is 13.0. The number of phenolic OH excluding ortho intramolecular Hbond substituents is 1. The summed E-state index contributed by atoms with van der Waals surface area (Å²) in [4.78, 5) is 31.4. The van der Waals surface area contributed by atoms with E-state index >= 15 is 0 Å². The Kier molecular flexibility index (Phi) is 3.17. The van der Waals surface area contributed by atoms with Crippen molar-refractivity contribution in [1.29, 1.82) is 0 Å². The first kappa shape index (κ1) is 15.1. The van der Waals surface area contributed by atoms with E-state index in [2.05, 4.69) is 4.99 Å². The Labute approximate surface area is 140 Å². The zero-order valence-electron chi connectivity index (χ0n) is 14.0. The molecule has 2 heterocycles. The number of aliphatic imine (C=N–C) groups is 1. The van der Waals surface area contributed by atoms with E-state index < -0.39 is 0 Å². The van der Waals surface area contributed by atoms with Crippen LogP contribution in [0.3, 0.4) is 0 Å². The molecule has 0 radical (unpaired) electrons. The van der Waals surface area contributed by atoms with E-state index in [1.165, 1.54) is 0 Å². The highest BCUT2D eigenvalue weighted by Gasteiger charge is 2.51. The summed E-state index contributed by atoms with van der Waals surface area (Å²) >= 11 is 0. The van der Waals surface area contributed by atoms with Gasteiger partial charge in [0.1, 0.15) is 11.6 Å². The fourth-order valence-corrected chi connectivity index (χ4v) is 4.32. The van der Waals surface area contributed by atoms with Crippen LogP contribution >= 0.6 is 0 Å². The quantitative estimate of drug-likeness (QED) is 0.862. The predicted molar refractivity (Wildman–Crippen MR) is 89.9 cm³/mol. The van der Waals surface area contributed by atoms with Crippen LogP contribution in [0.25, 0.3) is 0 Å². The van der Waals surface area contributed by atoms with E-state index in [0.717, 1.165) is 16.7 Å². The number of rotatable bonds is 1. The van der Waals surface area contributed by atoms with Crippen molar-refractivity contribution in [3.05, 3.63) is 40.5 Å². The van der Waals surface area contributed by atoms with Crippen molar-refractivity contribution < 1.29 is 14.7 Å². The highest BCUT2D eigenvalue weighted by Crippen LogP contribution is 2.46. The fourth-order valence-electron chi connectivity index (χ4n) is 4.32. The zero-order chi connectivity index (χ0) is 17.2. The van der Waals surface area contributed by atoms with Gasteiger partial charge in [0.2, 0.25) is 0 Å². The van der Waals surface area contributed by atoms with Crippen molar-refractivity contribution in [2.45, 2.75) is 45.6 Å². The van der Waals surface area contributed by atoms with Gasteiger partial charge in [-0.1, -0.05) is 19.1 Å². The third-order valence-corrected chi connectivity index (χ3v) is 5.66. The van der Waals surface area contributed by atoms with Gasteiger partial charge in [0.15, 0.2) is 0 Å². The van der Waals surface area contributed by atoms with E-state index in [9.17, 15) is 14.7 Å². The van der Waals surface area contributed by atoms with Gasteiger partial charge in [-0.3, -0.25) is 14.5 Å². The minimum atomic E-state index is -0.336. The number of amidine groups is 1. The van der Waals surface area contributed by atoms with Crippen molar-refractivity contribution in [3.8, 4) is 5.75 Å². The van der Waals surface area contributed by atoms with Crippen LogP contribution < -0.4 is 0 Å². The number of hydrogen-bond donors (Lipinski definition) is 1. The van der Waals surface area contributed by atoms with Crippen LogP contribution in [-0.2, 0) is 16.0 Å². The van der Waals surface area contributed by atoms with Gasteiger partial charge < -0.3 is 5.11 Å². The maximum Gasteiger partial charge on any atom is 0.256 e. The van der Waals surface area contributed by atoms with Gasteiger partial charge >= 0.3 is 0 Å². The molecule has 5 heteroatoms. The highest BCUT2D eigenvalue weighted by atomic mass is 16.3. The molecule has 0 bridgehead atoms. The minimum Gasteiger partial charge on any atom is -0.508 e. The van der Waals surface area contributed by atoms with Crippen LogP contribution in [0.5, 0.6) is 5.75 Å². The summed E-state index contributed by atoms with van der Waals surface area (Å²) in [5.41, 5.74) is 3.45. The standard InChI is InChI=1S/C19H20N2O3/c1-4-12-10(3)21-17(20-18(12)23)16-13(19(21)24)7-5-11-6-8-14(22)9(2)15(11)16/h6-8,10,12,16,22H,4-5H2,1-3H3/t10-,12+,16?/m0/s1. The molecule has 1 aromatic rings. The molecule has 0 spiro atoms. The van der Waals surface area contributed by atoms with Crippen LogP contribution in [0.4, 0.5) is 0 Å². The van der Waals surface area contributed by atoms with E-state index in [1.54, 1.807) is 11.0 Å². The van der Waals surface area contributed by atoms with Gasteiger partial charge in [0, 0.05) is 11.6 Å². The molecule has 1 fully saturated rings. The number of carbonyl (C=O) groups excluding carboxylic acids is 2. The Morgan fingerprint density at radius 2 is 2.08 bits per heavy atom. The topological polar surface area (TPSA) is 70.0 Å². The van der Waals surface area contributed by atoms with Crippen LogP contribution in [0, 0.1) is 12.8 Å². The lowest BCUT2D eigenvalue weighted by molar-refractivity contribution is -0.129. The van der Waals surface area contributed by atoms with Crippen molar-refractivity contribution in [2.24, 2.45) is 10.9 Å². The molecule has 0 saturated carbocycles. The largest absolute Gasteiger partial charge is 0.508 e. The van der Waals surface area contributed by atoms with E-state index in [-0.39, 0.29) is 35.4 Å². The Hall–Kier alpha value is -2.43. The number of allylic oxidation sites excluding steroid dienone is 1. The summed E-state index contributed by atoms with van der Waals surface area (Å²) in [7, 11) is 0. The summed E-state index contributed by atoms with van der Waals surface area (Å²) in [6, 6.07) is 3.39. The normalized spacial score (nSPS) is 28.1. The molecule has 2 amide bonds. The molecular formula is C19H20N2O3. The average Bonchev–Trinajstić information content (AvgIpc) is 2.84. The average molecular weight is 324 g/mol. The Morgan fingerprint density at radius 3 is 2.79 bits per heavy atom. The third kappa shape index (κ3) is 1.78. The molecule has 4 rings (SSSR count). The minimum absolute atomic E-state index is 0.0504. The molecule has 1 N–H and O–H groups in total. The number of phenols is 1. The Bertz CT molecular complexity index is 837. The second kappa shape index (κ2) is 5.03. The molecule has 3 atom stereocenters. The van der Waals surface area contributed by atoms with Gasteiger partial charge in [0.05, 0.1) is 11.8 Å². The Balaban J connectivity index is 1.94.